The Balaban J connectivity index is 1.18. The molecule has 0 spiro atoms. The Bertz CT molecular complexity index is 966. The quantitative estimate of drug-likeness (QED) is 0.677. The molecule has 4 aliphatic rings. The van der Waals surface area contributed by atoms with Crippen molar-refractivity contribution in [2.45, 2.75) is 64.0 Å². The fourth-order valence-corrected chi connectivity index (χ4v) is 5.56. The third kappa shape index (κ3) is 4.45. The number of carbonyl (C=O) groups is 4. The van der Waals surface area contributed by atoms with Crippen LogP contribution >= 0.6 is 0 Å². The van der Waals surface area contributed by atoms with Crippen molar-refractivity contribution < 1.29 is 19.2 Å². The van der Waals surface area contributed by atoms with Gasteiger partial charge in [-0.3, -0.25) is 24.5 Å². The second-order valence-corrected chi connectivity index (χ2v) is 9.63. The molecule has 1 unspecified atom stereocenters. The van der Waals surface area contributed by atoms with Gasteiger partial charge in [-0.25, -0.2) is 4.98 Å². The van der Waals surface area contributed by atoms with Crippen molar-refractivity contribution in [1.82, 2.24) is 20.1 Å². The van der Waals surface area contributed by atoms with Gasteiger partial charge in [0.15, 0.2) is 0 Å². The van der Waals surface area contributed by atoms with Crippen LogP contribution in [0.5, 0.6) is 0 Å². The summed E-state index contributed by atoms with van der Waals surface area (Å²) < 4.78 is 0. The molecule has 0 aromatic carbocycles. The Labute approximate surface area is 193 Å². The number of imide groups is 1. The van der Waals surface area contributed by atoms with Gasteiger partial charge in [0.05, 0.1) is 0 Å². The van der Waals surface area contributed by atoms with Gasteiger partial charge < -0.3 is 14.7 Å². The molecule has 9 heteroatoms. The van der Waals surface area contributed by atoms with E-state index in [9.17, 15) is 19.2 Å². The zero-order valence-corrected chi connectivity index (χ0v) is 18.9. The fourth-order valence-electron chi connectivity index (χ4n) is 5.56. The average molecular weight is 454 g/mol. The largest absolute Gasteiger partial charge is 0.353 e. The first-order chi connectivity index (χ1) is 16.0. The topological polar surface area (TPSA) is 103 Å². The van der Waals surface area contributed by atoms with Crippen LogP contribution in [0.4, 0.5) is 5.82 Å². The Hall–Kier alpha value is -2.97. The molecule has 1 saturated carbocycles. The van der Waals surface area contributed by atoms with Crippen LogP contribution < -0.4 is 10.2 Å². The molecule has 176 valence electrons. The van der Waals surface area contributed by atoms with Gasteiger partial charge in [-0.05, 0) is 24.8 Å². The zero-order chi connectivity index (χ0) is 22.9. The highest BCUT2D eigenvalue weighted by Gasteiger charge is 2.40. The number of hydrogen-bond donors (Lipinski definition) is 1. The van der Waals surface area contributed by atoms with Crippen molar-refractivity contribution in [1.29, 1.82) is 0 Å². The number of nitrogens with one attached hydrogen (secondary N) is 1. The van der Waals surface area contributed by atoms with Crippen molar-refractivity contribution in [3.63, 3.8) is 0 Å². The smallest absolute Gasteiger partial charge is 0.273 e. The van der Waals surface area contributed by atoms with E-state index in [4.69, 9.17) is 0 Å². The highest BCUT2D eigenvalue weighted by Crippen LogP contribution is 2.30. The lowest BCUT2D eigenvalue weighted by Gasteiger charge is -2.35. The first-order valence-corrected chi connectivity index (χ1v) is 12.2. The Morgan fingerprint density at radius 1 is 1.03 bits per heavy atom. The molecule has 33 heavy (non-hydrogen) atoms. The maximum Gasteiger partial charge on any atom is 0.273 e. The number of piperidine rings is 1. The van der Waals surface area contributed by atoms with E-state index in [2.05, 4.69) is 15.2 Å². The average Bonchev–Trinajstić information content (AvgIpc) is 3.46. The number of nitrogens with zero attached hydrogens (tertiary/aromatic N) is 4. The van der Waals surface area contributed by atoms with Gasteiger partial charge in [-0.15, -0.1) is 0 Å². The first kappa shape index (κ1) is 21.9. The molecule has 2 saturated heterocycles. The van der Waals surface area contributed by atoms with E-state index < -0.39 is 11.9 Å². The molecule has 3 aliphatic heterocycles. The number of aromatic nitrogens is 1. The van der Waals surface area contributed by atoms with Crippen LogP contribution in [0.25, 0.3) is 0 Å². The van der Waals surface area contributed by atoms with Crippen LogP contribution in [-0.2, 0) is 20.9 Å². The molecule has 5 rings (SSSR count). The predicted molar refractivity (Wildman–Crippen MR) is 120 cm³/mol. The third-order valence-electron chi connectivity index (χ3n) is 7.55. The fraction of sp³-hybridized carbons (Fsp3) is 0.625. The summed E-state index contributed by atoms with van der Waals surface area (Å²) in [5.41, 5.74) is 1.18. The van der Waals surface area contributed by atoms with E-state index >= 15 is 0 Å². The van der Waals surface area contributed by atoms with Crippen LogP contribution in [0.1, 0.15) is 67.4 Å². The summed E-state index contributed by atoms with van der Waals surface area (Å²) in [7, 11) is 0. The number of hydrogen-bond acceptors (Lipinski definition) is 6. The van der Waals surface area contributed by atoms with Crippen LogP contribution in [0.15, 0.2) is 12.1 Å². The summed E-state index contributed by atoms with van der Waals surface area (Å²) in [6.07, 6.45) is 7.38. The zero-order valence-electron chi connectivity index (χ0n) is 18.9. The summed E-state index contributed by atoms with van der Waals surface area (Å²) in [5, 5.41) is 2.32. The van der Waals surface area contributed by atoms with Gasteiger partial charge in [0.25, 0.3) is 5.91 Å². The minimum absolute atomic E-state index is 0.235. The van der Waals surface area contributed by atoms with Gasteiger partial charge in [0.1, 0.15) is 17.6 Å². The molecule has 1 atom stereocenters. The molecule has 0 radical (unpaired) electrons. The van der Waals surface area contributed by atoms with Gasteiger partial charge in [-0.1, -0.05) is 31.7 Å². The lowest BCUT2D eigenvalue weighted by Crippen LogP contribution is -2.52. The van der Waals surface area contributed by atoms with Gasteiger partial charge in [-0.2, -0.15) is 0 Å². The molecular formula is C24H31N5O4. The van der Waals surface area contributed by atoms with E-state index in [0.29, 0.717) is 51.3 Å². The molecule has 4 heterocycles. The minimum Gasteiger partial charge on any atom is -0.353 e. The molecule has 1 aromatic heterocycles. The molecular weight excluding hydrogens is 422 g/mol. The second-order valence-electron chi connectivity index (χ2n) is 9.63. The lowest BCUT2D eigenvalue weighted by molar-refractivity contribution is -0.137. The van der Waals surface area contributed by atoms with Crippen molar-refractivity contribution in [3.8, 4) is 0 Å². The van der Waals surface area contributed by atoms with Gasteiger partial charge in [0.2, 0.25) is 17.7 Å². The number of rotatable bonds is 5. The maximum atomic E-state index is 13.0. The second kappa shape index (κ2) is 9.11. The molecule has 1 aliphatic carbocycles. The molecule has 0 bridgehead atoms. The van der Waals surface area contributed by atoms with Crippen LogP contribution in [0, 0.1) is 5.92 Å². The molecule has 9 nitrogen and oxygen atoms in total. The monoisotopic (exact) mass is 453 g/mol. The number of amides is 4. The highest BCUT2D eigenvalue weighted by atomic mass is 16.2. The summed E-state index contributed by atoms with van der Waals surface area (Å²) in [6.45, 7) is 3.03. The summed E-state index contributed by atoms with van der Waals surface area (Å²) in [6, 6.07) is 3.18. The Kier molecular flexibility index (Phi) is 6.03. The number of pyridine rings is 1. The molecule has 3 fully saturated rings. The minimum atomic E-state index is -0.633. The predicted octanol–water partition coefficient (Wildman–Crippen LogP) is 1.46. The number of fused-ring (bicyclic) bond motifs is 1. The van der Waals surface area contributed by atoms with E-state index in [1.54, 1.807) is 0 Å². The van der Waals surface area contributed by atoms with Crippen LogP contribution in [0.2, 0.25) is 0 Å². The van der Waals surface area contributed by atoms with Crippen molar-refractivity contribution in [3.05, 3.63) is 23.4 Å². The normalized spacial score (nSPS) is 23.8. The molecule has 4 amide bonds. The summed E-state index contributed by atoms with van der Waals surface area (Å²) in [4.78, 5) is 59.5. The van der Waals surface area contributed by atoms with Gasteiger partial charge in [0, 0.05) is 51.1 Å². The summed E-state index contributed by atoms with van der Waals surface area (Å²) in [5.74, 6) is 0.729. The molecule has 1 aromatic rings. The summed E-state index contributed by atoms with van der Waals surface area (Å²) >= 11 is 0. The lowest BCUT2D eigenvalue weighted by atomic mass is 10.0. The Morgan fingerprint density at radius 3 is 2.52 bits per heavy atom. The van der Waals surface area contributed by atoms with E-state index in [-0.39, 0.29) is 24.1 Å². The van der Waals surface area contributed by atoms with Gasteiger partial charge >= 0.3 is 0 Å². The van der Waals surface area contributed by atoms with Crippen LogP contribution in [-0.4, -0.2) is 70.6 Å². The Morgan fingerprint density at radius 2 is 1.79 bits per heavy atom. The SMILES string of the molecule is O=C1CCC(N2Cc3ccc(N4CCN(C(=O)CCC5CCCC5)CC4)nc3C2=O)C(=O)N1. The van der Waals surface area contributed by atoms with Crippen molar-refractivity contribution in [2.75, 3.05) is 31.1 Å². The van der Waals surface area contributed by atoms with Crippen LogP contribution in [0.3, 0.4) is 0 Å². The van der Waals surface area contributed by atoms with E-state index in [1.165, 1.54) is 30.6 Å². The number of anilines is 1. The van der Waals surface area contributed by atoms with Crippen molar-refractivity contribution in [2.24, 2.45) is 5.92 Å². The van der Waals surface area contributed by atoms with E-state index in [1.807, 2.05) is 17.0 Å². The number of carbonyl (C=O) groups excluding carboxylic acids is 4. The third-order valence-corrected chi connectivity index (χ3v) is 7.55. The number of piperazine rings is 1. The standard InChI is InChI=1S/C24H31N5O4/c30-20-9-7-18(23(32)26-20)29-15-17-6-8-19(25-22(17)24(29)33)27-11-13-28(14-12-27)21(31)10-5-16-3-1-2-4-16/h6,8,16,18H,1-5,7,9-15H2,(H,26,30,32). The first-order valence-electron chi connectivity index (χ1n) is 12.2. The maximum absolute atomic E-state index is 13.0. The molecule has 1 N–H and O–H groups in total. The van der Waals surface area contributed by atoms with E-state index in [0.717, 1.165) is 23.7 Å². The highest BCUT2D eigenvalue weighted by molar-refractivity contribution is 6.04. The van der Waals surface area contributed by atoms with Crippen molar-refractivity contribution >= 4 is 29.4 Å².